The second-order valence-electron chi connectivity index (χ2n) is 3.60. The Balaban J connectivity index is 0.00000128. The normalized spacial score (nSPS) is 22.8. The van der Waals surface area contributed by atoms with E-state index in [0.29, 0.717) is 13.0 Å². The molecule has 1 heterocycles. The molecule has 0 amide bonds. The highest BCUT2D eigenvalue weighted by Crippen LogP contribution is 2.27. The molecule has 1 aromatic rings. The average Bonchev–Trinajstić information content (AvgIpc) is 2.54. The fraction of sp³-hybridized carbons (Fsp3) is 0.400. The molecule has 0 saturated carbocycles. The van der Waals surface area contributed by atoms with Crippen molar-refractivity contribution in [3.05, 3.63) is 30.3 Å². The molecule has 0 bridgehead atoms. The van der Waals surface area contributed by atoms with Gasteiger partial charge in [-0.3, -0.25) is 4.31 Å². The Hall–Kier alpha value is -0.780. The quantitative estimate of drug-likeness (QED) is 0.864. The predicted molar refractivity (Wildman–Crippen MR) is 67.4 cm³/mol. The van der Waals surface area contributed by atoms with Gasteiger partial charge in [-0.15, -0.1) is 12.4 Å². The van der Waals surface area contributed by atoms with Crippen molar-refractivity contribution in [2.75, 3.05) is 17.4 Å². The maximum Gasteiger partial charge on any atom is 0.239 e. The van der Waals surface area contributed by atoms with Gasteiger partial charge in [-0.2, -0.15) is 0 Å². The molecule has 1 aromatic carbocycles. The number of rotatable bonds is 2. The van der Waals surface area contributed by atoms with E-state index in [1.54, 1.807) is 12.1 Å². The lowest BCUT2D eigenvalue weighted by Gasteiger charge is -2.18. The van der Waals surface area contributed by atoms with Gasteiger partial charge in [0.25, 0.3) is 0 Å². The van der Waals surface area contributed by atoms with Crippen LogP contribution < -0.4 is 10.0 Å². The Kier molecular flexibility index (Phi) is 4.18. The molecule has 0 aliphatic carbocycles. The Morgan fingerprint density at radius 3 is 2.44 bits per heavy atom. The molecular formula is C10H15ClN2O2S. The number of benzene rings is 1. The molecule has 1 atom stereocenters. The third-order valence-corrected chi connectivity index (χ3v) is 4.97. The third-order valence-electron chi connectivity index (χ3n) is 2.69. The highest BCUT2D eigenvalue weighted by Gasteiger charge is 2.37. The van der Waals surface area contributed by atoms with Crippen molar-refractivity contribution in [1.82, 2.24) is 0 Å². The van der Waals surface area contributed by atoms with E-state index in [1.807, 2.05) is 18.2 Å². The monoisotopic (exact) mass is 262 g/mol. The van der Waals surface area contributed by atoms with Crippen LogP contribution in [0, 0.1) is 0 Å². The Bertz CT molecular complexity index is 435. The predicted octanol–water partition coefficient (Wildman–Crippen LogP) is 0.976. The van der Waals surface area contributed by atoms with E-state index in [4.69, 9.17) is 5.73 Å². The molecule has 1 aliphatic rings. The minimum Gasteiger partial charge on any atom is -0.329 e. The summed E-state index contributed by atoms with van der Waals surface area (Å²) in [6.07, 6.45) is 0.619. The summed E-state index contributed by atoms with van der Waals surface area (Å²) >= 11 is 0. The number of halogens is 1. The summed E-state index contributed by atoms with van der Waals surface area (Å²) in [5.74, 6) is 0. The van der Waals surface area contributed by atoms with Gasteiger partial charge in [0.15, 0.2) is 0 Å². The van der Waals surface area contributed by atoms with E-state index in [9.17, 15) is 8.42 Å². The molecule has 4 nitrogen and oxygen atoms in total. The first-order valence-corrected chi connectivity index (χ1v) is 6.43. The van der Waals surface area contributed by atoms with Crippen molar-refractivity contribution >= 4 is 28.1 Å². The van der Waals surface area contributed by atoms with E-state index < -0.39 is 15.3 Å². The SMILES string of the molecule is Cl.NCC1CCN(c2ccccc2)S1(=O)=O. The van der Waals surface area contributed by atoms with Crippen LogP contribution in [0.25, 0.3) is 0 Å². The molecule has 1 saturated heterocycles. The molecule has 0 aromatic heterocycles. The van der Waals surface area contributed by atoms with Crippen LogP contribution in [0.2, 0.25) is 0 Å². The van der Waals surface area contributed by atoms with Crippen LogP contribution in [0.1, 0.15) is 6.42 Å². The van der Waals surface area contributed by atoms with Crippen molar-refractivity contribution in [2.45, 2.75) is 11.7 Å². The van der Waals surface area contributed by atoms with E-state index in [0.717, 1.165) is 5.69 Å². The fourth-order valence-electron chi connectivity index (χ4n) is 1.83. The molecule has 0 spiro atoms. The van der Waals surface area contributed by atoms with Crippen molar-refractivity contribution < 1.29 is 8.42 Å². The van der Waals surface area contributed by atoms with Crippen molar-refractivity contribution in [3.8, 4) is 0 Å². The number of anilines is 1. The minimum atomic E-state index is -3.22. The molecule has 1 aliphatic heterocycles. The van der Waals surface area contributed by atoms with E-state index >= 15 is 0 Å². The van der Waals surface area contributed by atoms with Gasteiger partial charge < -0.3 is 5.73 Å². The Labute approximate surface area is 102 Å². The van der Waals surface area contributed by atoms with Crippen LogP contribution in [-0.4, -0.2) is 26.8 Å². The molecule has 0 radical (unpaired) electrons. The lowest BCUT2D eigenvalue weighted by atomic mass is 10.3. The summed E-state index contributed by atoms with van der Waals surface area (Å²) in [7, 11) is -3.22. The lowest BCUT2D eigenvalue weighted by molar-refractivity contribution is 0.588. The maximum atomic E-state index is 12.0. The molecule has 2 rings (SSSR count). The smallest absolute Gasteiger partial charge is 0.239 e. The van der Waals surface area contributed by atoms with Crippen LogP contribution >= 0.6 is 12.4 Å². The van der Waals surface area contributed by atoms with Gasteiger partial charge in [0.1, 0.15) is 0 Å². The topological polar surface area (TPSA) is 63.4 Å². The van der Waals surface area contributed by atoms with Crippen LogP contribution in [0.4, 0.5) is 5.69 Å². The standard InChI is InChI=1S/C10H14N2O2S.ClH/c11-8-10-6-7-12(15(10,13)14)9-4-2-1-3-5-9;/h1-5,10H,6-8,11H2;1H. The number of hydrogen-bond donors (Lipinski definition) is 1. The highest BCUT2D eigenvalue weighted by molar-refractivity contribution is 7.93. The average molecular weight is 263 g/mol. The number of nitrogens with zero attached hydrogens (tertiary/aromatic N) is 1. The van der Waals surface area contributed by atoms with Crippen molar-refractivity contribution in [1.29, 1.82) is 0 Å². The lowest BCUT2D eigenvalue weighted by Crippen LogP contribution is -2.33. The van der Waals surface area contributed by atoms with Crippen molar-refractivity contribution in [3.63, 3.8) is 0 Å². The zero-order chi connectivity index (χ0) is 10.9. The van der Waals surface area contributed by atoms with E-state index in [2.05, 4.69) is 0 Å². The Morgan fingerprint density at radius 1 is 1.31 bits per heavy atom. The van der Waals surface area contributed by atoms with Gasteiger partial charge in [0, 0.05) is 13.1 Å². The van der Waals surface area contributed by atoms with Crippen LogP contribution in [-0.2, 0) is 10.0 Å². The van der Waals surface area contributed by atoms with Gasteiger partial charge in [0.05, 0.1) is 10.9 Å². The van der Waals surface area contributed by atoms with Gasteiger partial charge in [0.2, 0.25) is 10.0 Å². The summed E-state index contributed by atoms with van der Waals surface area (Å²) in [6.45, 7) is 0.736. The first-order valence-electron chi connectivity index (χ1n) is 4.93. The fourth-order valence-corrected chi connectivity index (χ4v) is 3.61. The summed E-state index contributed by atoms with van der Waals surface area (Å²) in [5, 5.41) is -0.419. The second kappa shape index (κ2) is 5.03. The third kappa shape index (κ3) is 2.16. The molecule has 90 valence electrons. The van der Waals surface area contributed by atoms with Gasteiger partial charge in [-0.25, -0.2) is 8.42 Å². The van der Waals surface area contributed by atoms with Crippen LogP contribution in [0.3, 0.4) is 0 Å². The highest BCUT2D eigenvalue weighted by atomic mass is 35.5. The number of para-hydroxylation sites is 1. The number of nitrogens with two attached hydrogens (primary N) is 1. The van der Waals surface area contributed by atoms with E-state index in [-0.39, 0.29) is 19.0 Å². The minimum absolute atomic E-state index is 0. The van der Waals surface area contributed by atoms with Crippen LogP contribution in [0.15, 0.2) is 30.3 Å². The molecule has 16 heavy (non-hydrogen) atoms. The van der Waals surface area contributed by atoms with Gasteiger partial charge >= 0.3 is 0 Å². The number of sulfonamides is 1. The largest absolute Gasteiger partial charge is 0.329 e. The molecule has 1 fully saturated rings. The summed E-state index contributed by atoms with van der Waals surface area (Å²) in [4.78, 5) is 0. The first-order chi connectivity index (χ1) is 7.16. The summed E-state index contributed by atoms with van der Waals surface area (Å²) in [6, 6.07) is 9.14. The zero-order valence-electron chi connectivity index (χ0n) is 8.74. The van der Waals surface area contributed by atoms with E-state index in [1.165, 1.54) is 4.31 Å². The van der Waals surface area contributed by atoms with Gasteiger partial charge in [-0.1, -0.05) is 18.2 Å². The molecule has 6 heteroatoms. The van der Waals surface area contributed by atoms with Crippen molar-refractivity contribution in [2.24, 2.45) is 5.73 Å². The maximum absolute atomic E-state index is 12.0. The number of hydrogen-bond acceptors (Lipinski definition) is 3. The second-order valence-corrected chi connectivity index (χ2v) is 5.74. The summed E-state index contributed by atoms with van der Waals surface area (Å²) in [5.41, 5.74) is 6.17. The molecule has 1 unspecified atom stereocenters. The summed E-state index contributed by atoms with van der Waals surface area (Å²) < 4.78 is 25.4. The first kappa shape index (κ1) is 13.3. The van der Waals surface area contributed by atoms with Gasteiger partial charge in [-0.05, 0) is 18.6 Å². The molecular weight excluding hydrogens is 248 g/mol. The van der Waals surface area contributed by atoms with Crippen LogP contribution in [0.5, 0.6) is 0 Å². The molecule has 2 N–H and O–H groups in total. The zero-order valence-corrected chi connectivity index (χ0v) is 10.4. The Morgan fingerprint density at radius 2 is 1.94 bits per heavy atom.